The molecule has 6 heteroatoms. The van der Waals surface area contributed by atoms with Gasteiger partial charge < -0.3 is 24.6 Å². The molecule has 0 spiro atoms. The molecule has 0 amide bonds. The number of hydrogen-bond donors (Lipinski definition) is 1. The van der Waals surface area contributed by atoms with Crippen molar-refractivity contribution in [3.05, 3.63) is 344 Å². The quantitative estimate of drug-likeness (QED) is 0.123. The van der Waals surface area contributed by atoms with Gasteiger partial charge in [0.1, 0.15) is 0 Å². The molecule has 0 bridgehead atoms. The summed E-state index contributed by atoms with van der Waals surface area (Å²) in [6.45, 7) is 19.2. The molecule has 3 heterocycles. The number of nitrogens with zero attached hydrogens (tertiary/aromatic N) is 4. The van der Waals surface area contributed by atoms with Crippen molar-refractivity contribution in [2.24, 2.45) is 0 Å². The zero-order valence-corrected chi connectivity index (χ0v) is 58.2. The van der Waals surface area contributed by atoms with Crippen molar-refractivity contribution in [2.75, 3.05) is 20.0 Å². The van der Waals surface area contributed by atoms with E-state index in [-0.39, 0.29) is 61.5 Å². The highest BCUT2D eigenvalue weighted by molar-refractivity contribution is 7.00. The van der Waals surface area contributed by atoms with Crippen LogP contribution in [-0.4, -0.2) is 11.3 Å². The van der Waals surface area contributed by atoms with Crippen molar-refractivity contribution in [3.8, 4) is 50.2 Å². The lowest BCUT2D eigenvalue weighted by molar-refractivity contribution is 0.590. The number of anilines is 11. The standard InChI is InChI=1S/C96H82BN5/c1-94(2,3)68-48-55-87(79(56-68)65-34-18-11-19-35-65)101-88-61-71(98-84-54-51-74(62-78(84)64-32-16-10-17-33-64)99(72-40-24-14-25-41-72)73-42-26-15-27-43-73)49-52-82(88)97-83-53-50-75(100-85-46-30-28-44-76(85)77-45-29-31-47-86(77)100)63-89(83)102(91-60-70(96(7,8)9)59-90(101)92(91)97)93-80(66-36-20-12-21-37-66)57-69(95(4,5)6)58-81(93)67-38-22-13-23-39-67/h10-63,98H,1-9H3/i10D,14D,16D,17D,24D,25D,28D,29D,30D,31D,32D,40D,41D,44D,45D,46D,47D. The lowest BCUT2D eigenvalue weighted by Crippen LogP contribution is -2.61. The molecule has 5 nitrogen and oxygen atoms in total. The van der Waals surface area contributed by atoms with Gasteiger partial charge in [-0.3, -0.25) is 0 Å². The fourth-order valence-corrected chi connectivity index (χ4v) is 14.8. The first-order chi connectivity index (χ1) is 56.5. The summed E-state index contributed by atoms with van der Waals surface area (Å²) in [6, 6.07) is 66.3. The minimum absolute atomic E-state index is 0.0270. The van der Waals surface area contributed by atoms with Crippen molar-refractivity contribution in [2.45, 2.75) is 78.6 Å². The predicted octanol–water partition coefficient (Wildman–Crippen LogP) is 24.6. The zero-order chi connectivity index (χ0) is 84.4. The van der Waals surface area contributed by atoms with Crippen LogP contribution in [0.1, 0.15) is 102 Å². The molecule has 1 N–H and O–H groups in total. The Bertz CT molecular complexity index is 6590. The summed E-state index contributed by atoms with van der Waals surface area (Å²) in [5.41, 5.74) is 16.9. The second kappa shape index (κ2) is 25.1. The van der Waals surface area contributed by atoms with Crippen LogP contribution in [0, 0.1) is 0 Å². The zero-order valence-electron chi connectivity index (χ0n) is 75.2. The molecule has 0 saturated carbocycles. The van der Waals surface area contributed by atoms with Crippen molar-refractivity contribution < 1.29 is 23.3 Å². The maximum absolute atomic E-state index is 9.82. The molecule has 0 unspecified atom stereocenters. The molecule has 0 fully saturated rings. The largest absolute Gasteiger partial charge is 0.355 e. The average Bonchev–Trinajstić information content (AvgIpc) is 1.42. The molecule has 0 radical (unpaired) electrons. The molecule has 2 aliphatic rings. The Balaban J connectivity index is 1.01. The average molecular weight is 1330 g/mol. The van der Waals surface area contributed by atoms with E-state index in [1.807, 2.05) is 78.9 Å². The lowest BCUT2D eigenvalue weighted by atomic mass is 9.33. The first kappa shape index (κ1) is 47.2. The van der Waals surface area contributed by atoms with Gasteiger partial charge in [-0.2, -0.15) is 0 Å². The Kier molecular flexibility index (Phi) is 11.6. The van der Waals surface area contributed by atoms with Crippen LogP contribution >= 0.6 is 0 Å². The normalized spacial score (nSPS) is 15.0. The van der Waals surface area contributed by atoms with E-state index in [4.69, 9.17) is 11.0 Å². The van der Waals surface area contributed by atoms with E-state index in [9.17, 15) is 12.3 Å². The van der Waals surface area contributed by atoms with E-state index < -0.39 is 103 Å². The van der Waals surface area contributed by atoms with E-state index in [2.05, 4.69) is 168 Å². The molecular formula is C96H82BN5. The number of rotatable bonds is 12. The third-order valence-electron chi connectivity index (χ3n) is 19.9. The van der Waals surface area contributed by atoms with Gasteiger partial charge in [0.2, 0.25) is 0 Å². The highest BCUT2D eigenvalue weighted by Crippen LogP contribution is 2.54. The Morgan fingerprint density at radius 3 is 1.46 bits per heavy atom. The van der Waals surface area contributed by atoms with Crippen LogP contribution in [0.5, 0.6) is 0 Å². The Hall–Kier alpha value is -11.9. The second-order valence-corrected chi connectivity index (χ2v) is 29.4. The van der Waals surface area contributed by atoms with E-state index in [1.165, 1.54) is 6.07 Å². The van der Waals surface area contributed by atoms with Crippen molar-refractivity contribution >= 4 is 107 Å². The summed E-state index contributed by atoms with van der Waals surface area (Å²) >= 11 is 0. The predicted molar refractivity (Wildman–Crippen MR) is 437 cm³/mol. The summed E-state index contributed by atoms with van der Waals surface area (Å²) in [5, 5.41) is 3.67. The van der Waals surface area contributed by atoms with Crippen LogP contribution in [0.3, 0.4) is 0 Å². The fourth-order valence-electron chi connectivity index (χ4n) is 14.8. The molecule has 15 aromatic rings. The highest BCUT2D eigenvalue weighted by atomic mass is 15.2. The van der Waals surface area contributed by atoms with Crippen LogP contribution in [0.2, 0.25) is 0 Å². The number of hydrogen-bond acceptors (Lipinski definition) is 4. The SMILES string of the molecule is [2H]c1cc(-c2cc(N(c3ccccc3)c3c([2H])c([2H])c([2H])c([2H])c3[2H])ccc2Nc2ccc3c(c2)N(c2ccc(C(C)(C)C)cc2-c2ccccc2)c2cc(C(C)(C)C)cc4c2B3c2ccc(-n3c5c([2H])c([2H])c([2H])c([2H])c5c5c([2H])c([2H])c([2H])c([2H])c53)cc2N4c2c(-c3ccccc3)cc(C(C)(C)C)cc2-c2ccccc2)c([2H])c([2H])c1[2H]. The lowest BCUT2D eigenvalue weighted by Gasteiger charge is -2.46. The smallest absolute Gasteiger partial charge is 0.252 e. The van der Waals surface area contributed by atoms with Gasteiger partial charge in [-0.25, -0.2) is 0 Å². The van der Waals surface area contributed by atoms with Gasteiger partial charge in [-0.05, 0) is 187 Å². The summed E-state index contributed by atoms with van der Waals surface area (Å²) in [6.07, 6.45) is 0. The van der Waals surface area contributed by atoms with Gasteiger partial charge in [-0.15, -0.1) is 0 Å². The summed E-state index contributed by atoms with van der Waals surface area (Å²) in [4.78, 5) is 6.29. The maximum Gasteiger partial charge on any atom is 0.252 e. The Morgan fingerprint density at radius 1 is 0.343 bits per heavy atom. The molecule has 0 saturated heterocycles. The highest BCUT2D eigenvalue weighted by Gasteiger charge is 2.46. The van der Waals surface area contributed by atoms with Crippen molar-refractivity contribution in [3.63, 3.8) is 0 Å². The minimum Gasteiger partial charge on any atom is -0.355 e. The molecule has 102 heavy (non-hydrogen) atoms. The number of nitrogens with one attached hydrogen (secondary N) is 1. The van der Waals surface area contributed by atoms with Crippen LogP contribution in [0.25, 0.3) is 72.0 Å². The molecule has 2 aliphatic heterocycles. The van der Waals surface area contributed by atoms with E-state index in [1.54, 1.807) is 58.0 Å². The molecule has 0 atom stereocenters. The number of aromatic nitrogens is 1. The summed E-state index contributed by atoms with van der Waals surface area (Å²) < 4.78 is 159. The summed E-state index contributed by atoms with van der Waals surface area (Å²) in [5.74, 6) is 0. The van der Waals surface area contributed by atoms with Crippen LogP contribution in [-0.2, 0) is 16.2 Å². The van der Waals surface area contributed by atoms with Gasteiger partial charge in [0.15, 0.2) is 0 Å². The minimum atomic E-state index is -0.647. The van der Waals surface area contributed by atoms with E-state index in [0.29, 0.717) is 34.1 Å². The van der Waals surface area contributed by atoms with Gasteiger partial charge in [0.05, 0.1) is 45.7 Å². The van der Waals surface area contributed by atoms with Gasteiger partial charge in [0.25, 0.3) is 6.71 Å². The maximum atomic E-state index is 9.82. The molecular weight excluding hydrogens is 1230 g/mol. The molecule has 0 aliphatic carbocycles. The number of para-hydroxylation sites is 4. The van der Waals surface area contributed by atoms with Crippen LogP contribution in [0.15, 0.2) is 327 Å². The Labute approximate surface area is 625 Å². The van der Waals surface area contributed by atoms with Crippen LogP contribution in [0.4, 0.5) is 62.6 Å². The molecule has 494 valence electrons. The number of benzene rings is 14. The first-order valence-corrected chi connectivity index (χ1v) is 34.5. The third-order valence-corrected chi connectivity index (χ3v) is 19.9. The van der Waals surface area contributed by atoms with E-state index >= 15 is 0 Å². The molecule has 14 aromatic carbocycles. The first-order valence-electron chi connectivity index (χ1n) is 43.0. The molecule has 1 aromatic heterocycles. The fraction of sp³-hybridized carbons (Fsp3) is 0.125. The van der Waals surface area contributed by atoms with Gasteiger partial charge in [-0.1, -0.05) is 274 Å². The van der Waals surface area contributed by atoms with Gasteiger partial charge in [0, 0.05) is 89.9 Å². The third kappa shape index (κ3) is 11.2. The van der Waals surface area contributed by atoms with Crippen LogP contribution < -0.4 is 36.4 Å². The van der Waals surface area contributed by atoms with E-state index in [0.717, 1.165) is 94.9 Å². The monoisotopic (exact) mass is 1330 g/mol. The Morgan fingerprint density at radius 2 is 0.853 bits per heavy atom. The summed E-state index contributed by atoms with van der Waals surface area (Å²) in [7, 11) is 0. The topological polar surface area (TPSA) is 26.7 Å². The van der Waals surface area contributed by atoms with Crippen molar-refractivity contribution in [1.82, 2.24) is 4.57 Å². The molecule has 17 rings (SSSR count). The van der Waals surface area contributed by atoms with Gasteiger partial charge >= 0.3 is 0 Å². The second-order valence-electron chi connectivity index (χ2n) is 29.4. The number of fused-ring (bicyclic) bond motifs is 7. The van der Waals surface area contributed by atoms with Crippen molar-refractivity contribution in [1.29, 1.82) is 0 Å².